The molecule has 1 atom stereocenters. The third-order valence-electron chi connectivity index (χ3n) is 7.56. The largest absolute Gasteiger partial charge is 0.493 e. The Bertz CT molecular complexity index is 1950. The van der Waals surface area contributed by atoms with E-state index in [1.54, 1.807) is 57.7 Å². The average Bonchev–Trinajstić information content (AvgIpc) is 3.39. The van der Waals surface area contributed by atoms with Crippen LogP contribution in [0.3, 0.4) is 0 Å². The highest BCUT2D eigenvalue weighted by molar-refractivity contribution is 8.05. The summed E-state index contributed by atoms with van der Waals surface area (Å²) in [5.41, 5.74) is 3.47. The summed E-state index contributed by atoms with van der Waals surface area (Å²) in [5.74, 6) is 1.42. The van der Waals surface area contributed by atoms with Crippen LogP contribution in [0.25, 0.3) is 28.4 Å². The average molecular weight is 621 g/mol. The molecule has 1 aromatic heterocycles. The first-order valence-corrected chi connectivity index (χ1v) is 15.1. The molecule has 10 heteroatoms. The van der Waals surface area contributed by atoms with Crippen molar-refractivity contribution in [1.82, 2.24) is 9.66 Å². The van der Waals surface area contributed by atoms with Crippen LogP contribution in [0.1, 0.15) is 16.5 Å². The maximum atomic E-state index is 14.5. The topological polar surface area (TPSA) is 86.1 Å². The molecule has 0 spiro atoms. The molecule has 1 saturated heterocycles. The first-order chi connectivity index (χ1) is 21.8. The van der Waals surface area contributed by atoms with Gasteiger partial charge in [0, 0.05) is 25.3 Å². The van der Waals surface area contributed by atoms with Crippen molar-refractivity contribution in [2.24, 2.45) is 0 Å². The smallest absolute Gasteiger partial charge is 0.280 e. The molecule has 2 heterocycles. The maximum absolute atomic E-state index is 14.5. The van der Waals surface area contributed by atoms with Gasteiger partial charge < -0.3 is 19.1 Å². The molecule has 4 aromatic carbocycles. The van der Waals surface area contributed by atoms with Crippen LogP contribution in [0.5, 0.6) is 17.2 Å². The third kappa shape index (κ3) is 5.49. The van der Waals surface area contributed by atoms with Crippen LogP contribution < -0.4 is 29.7 Å². The number of para-hydroxylation sites is 1. The first kappa shape index (κ1) is 29.8. The van der Waals surface area contributed by atoms with Gasteiger partial charge >= 0.3 is 0 Å². The number of anilines is 1. The van der Waals surface area contributed by atoms with Crippen LogP contribution >= 0.6 is 11.8 Å². The van der Waals surface area contributed by atoms with Crippen LogP contribution in [0.2, 0.25) is 0 Å². The molecule has 1 fully saturated rings. The molecule has 0 aliphatic carbocycles. The van der Waals surface area contributed by atoms with E-state index in [0.717, 1.165) is 11.3 Å². The van der Waals surface area contributed by atoms with Gasteiger partial charge in [-0.05, 0) is 53.6 Å². The van der Waals surface area contributed by atoms with E-state index in [1.807, 2.05) is 79.7 Å². The number of thioether (sulfide) groups is 1. The molecule has 1 aliphatic rings. The fourth-order valence-corrected chi connectivity index (χ4v) is 6.53. The Morgan fingerprint density at radius 3 is 2.09 bits per heavy atom. The van der Waals surface area contributed by atoms with E-state index < -0.39 is 5.37 Å². The number of nitrogens with zero attached hydrogens (tertiary/aromatic N) is 4. The molecule has 1 unspecified atom stereocenters. The number of amides is 1. The van der Waals surface area contributed by atoms with Gasteiger partial charge in [0.15, 0.2) is 17.3 Å². The van der Waals surface area contributed by atoms with Gasteiger partial charge in [-0.3, -0.25) is 9.59 Å². The van der Waals surface area contributed by atoms with Gasteiger partial charge in [0.1, 0.15) is 5.37 Å². The lowest BCUT2D eigenvalue weighted by Gasteiger charge is -2.28. The fraction of sp³-hybridized carbons (Fsp3) is 0.171. The molecule has 9 nitrogen and oxygen atoms in total. The molecule has 1 amide bonds. The lowest BCUT2D eigenvalue weighted by atomic mass is 10.1. The second-order valence-corrected chi connectivity index (χ2v) is 11.6. The predicted molar refractivity (Wildman–Crippen MR) is 180 cm³/mol. The van der Waals surface area contributed by atoms with E-state index in [9.17, 15) is 9.59 Å². The van der Waals surface area contributed by atoms with E-state index in [1.165, 1.54) is 21.4 Å². The van der Waals surface area contributed by atoms with Crippen molar-refractivity contribution in [2.45, 2.75) is 5.37 Å². The summed E-state index contributed by atoms with van der Waals surface area (Å²) < 4.78 is 18.0. The number of carbonyl (C=O) groups excluding carboxylic acids is 1. The second kappa shape index (κ2) is 12.4. The quantitative estimate of drug-likeness (QED) is 0.192. The molecule has 1 aliphatic heterocycles. The van der Waals surface area contributed by atoms with E-state index >= 15 is 0 Å². The minimum atomic E-state index is -0.565. The monoisotopic (exact) mass is 620 g/mol. The summed E-state index contributed by atoms with van der Waals surface area (Å²) in [6, 6.07) is 28.1. The van der Waals surface area contributed by atoms with Gasteiger partial charge in [-0.25, -0.2) is 9.99 Å². The molecule has 0 bridgehead atoms. The zero-order valence-electron chi connectivity index (χ0n) is 25.6. The summed E-state index contributed by atoms with van der Waals surface area (Å²) in [6.45, 7) is 0. The summed E-state index contributed by atoms with van der Waals surface area (Å²) in [6.07, 6.45) is 1.78. The lowest BCUT2D eigenvalue weighted by molar-refractivity contribution is -0.115. The number of hydrogen-bond donors (Lipinski definition) is 0. The second-order valence-electron chi connectivity index (χ2n) is 10.5. The predicted octanol–water partition coefficient (Wildman–Crippen LogP) is 6.11. The van der Waals surface area contributed by atoms with Gasteiger partial charge in [-0.1, -0.05) is 66.4 Å². The molecule has 228 valence electrons. The summed E-state index contributed by atoms with van der Waals surface area (Å²) >= 11 is 1.36. The zero-order chi connectivity index (χ0) is 31.7. The Kier molecular flexibility index (Phi) is 8.23. The van der Waals surface area contributed by atoms with Crippen LogP contribution in [0, 0.1) is 0 Å². The number of benzene rings is 4. The molecular weight excluding hydrogens is 588 g/mol. The summed E-state index contributed by atoms with van der Waals surface area (Å²) in [7, 11) is 8.57. The number of rotatable bonds is 8. The summed E-state index contributed by atoms with van der Waals surface area (Å²) in [4.78, 5) is 36.2. The Balaban J connectivity index is 1.58. The normalized spacial score (nSPS) is 15.5. The maximum Gasteiger partial charge on any atom is 0.280 e. The Morgan fingerprint density at radius 2 is 1.47 bits per heavy atom. The lowest BCUT2D eigenvalue weighted by Crippen LogP contribution is -2.45. The fourth-order valence-electron chi connectivity index (χ4n) is 5.31. The number of methoxy groups -OCH3 is 3. The van der Waals surface area contributed by atoms with Crippen molar-refractivity contribution in [1.29, 1.82) is 0 Å². The summed E-state index contributed by atoms with van der Waals surface area (Å²) in [5, 5.41) is 1.37. The number of fused-ring (bicyclic) bond motifs is 1. The minimum Gasteiger partial charge on any atom is -0.493 e. The van der Waals surface area contributed by atoms with Crippen molar-refractivity contribution < 1.29 is 19.0 Å². The SMILES string of the molecule is COc1cc(/C=C2\SC(c3ccc(N(C)C)cc3)N(n3c(-c4ccccc4)nc4ccccc4c3=O)C2=O)cc(OC)c1OC. The van der Waals surface area contributed by atoms with Gasteiger partial charge in [0.25, 0.3) is 11.5 Å². The van der Waals surface area contributed by atoms with Crippen LogP contribution in [-0.4, -0.2) is 51.0 Å². The first-order valence-electron chi connectivity index (χ1n) is 14.2. The van der Waals surface area contributed by atoms with Crippen molar-refractivity contribution in [2.75, 3.05) is 45.3 Å². The molecule has 5 aromatic rings. The van der Waals surface area contributed by atoms with Crippen molar-refractivity contribution in [3.05, 3.63) is 117 Å². The van der Waals surface area contributed by atoms with Crippen LogP contribution in [-0.2, 0) is 4.79 Å². The molecular formula is C35H32N4O5S. The van der Waals surface area contributed by atoms with E-state index in [4.69, 9.17) is 19.2 Å². The van der Waals surface area contributed by atoms with E-state index in [2.05, 4.69) is 0 Å². The van der Waals surface area contributed by atoms with Crippen molar-refractivity contribution in [3.63, 3.8) is 0 Å². The van der Waals surface area contributed by atoms with E-state index in [0.29, 0.717) is 50.0 Å². The number of aromatic nitrogens is 2. The molecule has 6 rings (SSSR count). The van der Waals surface area contributed by atoms with Crippen molar-refractivity contribution >= 4 is 40.3 Å². The van der Waals surface area contributed by atoms with Gasteiger partial charge in [0.2, 0.25) is 5.75 Å². The zero-order valence-corrected chi connectivity index (χ0v) is 26.4. The molecule has 0 N–H and O–H groups in total. The highest BCUT2D eigenvalue weighted by atomic mass is 32.2. The Labute approximate surface area is 265 Å². The standard InChI is InChI=1S/C35H32N4O5S/c1-37(2)25-17-15-24(16-18-25)35-39(34(41)30(45-35)21-22-19-28(42-3)31(44-5)29(20-22)43-4)38-32(23-11-7-6-8-12-23)36-27-14-10-9-13-26(27)33(38)40/h6-21,35H,1-5H3/b30-21-. The van der Waals surface area contributed by atoms with Gasteiger partial charge in [-0.2, -0.15) is 4.68 Å². The van der Waals surface area contributed by atoms with Gasteiger partial charge in [0.05, 0.1) is 37.1 Å². The van der Waals surface area contributed by atoms with Crippen LogP contribution in [0.15, 0.2) is 101 Å². The highest BCUT2D eigenvalue weighted by Crippen LogP contribution is 2.47. The Morgan fingerprint density at radius 1 is 0.822 bits per heavy atom. The molecule has 0 radical (unpaired) electrons. The van der Waals surface area contributed by atoms with Crippen LogP contribution in [0.4, 0.5) is 5.69 Å². The number of carbonyl (C=O) groups is 1. The number of hydrogen-bond acceptors (Lipinski definition) is 8. The van der Waals surface area contributed by atoms with Crippen molar-refractivity contribution in [3.8, 4) is 28.6 Å². The Hall–Kier alpha value is -5.22. The molecule has 0 saturated carbocycles. The van der Waals surface area contributed by atoms with Gasteiger partial charge in [-0.15, -0.1) is 0 Å². The minimum absolute atomic E-state index is 0.336. The third-order valence-corrected chi connectivity index (χ3v) is 8.80. The van der Waals surface area contributed by atoms with E-state index in [-0.39, 0.29) is 11.5 Å². The number of ether oxygens (including phenoxy) is 3. The molecule has 45 heavy (non-hydrogen) atoms. The highest BCUT2D eigenvalue weighted by Gasteiger charge is 2.41.